The maximum absolute atomic E-state index is 5.62. The lowest BCUT2D eigenvalue weighted by Gasteiger charge is -2.10. The van der Waals surface area contributed by atoms with Crippen molar-refractivity contribution in [3.05, 3.63) is 52.0 Å². The van der Waals surface area contributed by atoms with E-state index in [2.05, 4.69) is 44.5 Å². The van der Waals surface area contributed by atoms with E-state index in [1.54, 1.807) is 6.20 Å². The average Bonchev–Trinajstić information content (AvgIpc) is 2.72. The molecule has 1 heterocycles. The second kappa shape index (κ2) is 4.80. The first-order chi connectivity index (χ1) is 7.72. The molecule has 3 nitrogen and oxygen atoms in total. The molecule has 2 rings (SSSR count). The van der Waals surface area contributed by atoms with Crippen LogP contribution in [0.15, 0.2) is 35.1 Å². The Kier molecular flexibility index (Phi) is 3.41. The molecule has 0 aliphatic carbocycles. The Morgan fingerprint density at radius 3 is 3.00 bits per heavy atom. The van der Waals surface area contributed by atoms with Crippen LogP contribution in [0.4, 0.5) is 0 Å². The number of nitrogens with two attached hydrogens (primary N) is 1. The Hall–Kier alpha value is -1.13. The molecule has 0 aliphatic rings. The van der Waals surface area contributed by atoms with Crippen LogP contribution in [0.3, 0.4) is 0 Å². The smallest absolute Gasteiger partial charge is 0.122 e. The Balaban J connectivity index is 2.30. The standard InChI is InChI=1S/C12H14BrN3/c1-9-10(3-2-4-11(9)13)8-16-6-5-15-12(16)7-14/h2-6H,7-8,14H2,1H3. The van der Waals surface area contributed by atoms with Gasteiger partial charge in [0.15, 0.2) is 0 Å². The highest BCUT2D eigenvalue weighted by Crippen LogP contribution is 2.20. The summed E-state index contributed by atoms with van der Waals surface area (Å²) in [5, 5.41) is 0. The van der Waals surface area contributed by atoms with Crippen molar-refractivity contribution in [2.75, 3.05) is 0 Å². The molecule has 0 atom stereocenters. The molecule has 0 unspecified atom stereocenters. The zero-order valence-electron chi connectivity index (χ0n) is 9.15. The van der Waals surface area contributed by atoms with Gasteiger partial charge in [-0.25, -0.2) is 4.98 Å². The molecule has 1 aromatic carbocycles. The third-order valence-electron chi connectivity index (χ3n) is 2.70. The number of hydrogen-bond donors (Lipinski definition) is 1. The summed E-state index contributed by atoms with van der Waals surface area (Å²) in [5.41, 5.74) is 8.17. The lowest BCUT2D eigenvalue weighted by Crippen LogP contribution is -2.09. The molecule has 1 aromatic heterocycles. The minimum Gasteiger partial charge on any atom is -0.329 e. The van der Waals surface area contributed by atoms with Gasteiger partial charge in [-0.3, -0.25) is 0 Å². The van der Waals surface area contributed by atoms with Gasteiger partial charge in [0.1, 0.15) is 5.82 Å². The number of aromatic nitrogens is 2. The summed E-state index contributed by atoms with van der Waals surface area (Å²) in [6, 6.07) is 6.22. The van der Waals surface area contributed by atoms with Crippen molar-refractivity contribution >= 4 is 15.9 Å². The topological polar surface area (TPSA) is 43.8 Å². The SMILES string of the molecule is Cc1c(Br)cccc1Cn1ccnc1CN. The summed E-state index contributed by atoms with van der Waals surface area (Å²) < 4.78 is 3.22. The van der Waals surface area contributed by atoms with Crippen LogP contribution in [0.5, 0.6) is 0 Å². The van der Waals surface area contributed by atoms with E-state index in [4.69, 9.17) is 5.73 Å². The number of hydrogen-bond acceptors (Lipinski definition) is 2. The van der Waals surface area contributed by atoms with E-state index >= 15 is 0 Å². The molecule has 2 N–H and O–H groups in total. The predicted molar refractivity (Wildman–Crippen MR) is 68.1 cm³/mol. The van der Waals surface area contributed by atoms with Gasteiger partial charge in [0.2, 0.25) is 0 Å². The van der Waals surface area contributed by atoms with Crippen LogP contribution in [-0.2, 0) is 13.1 Å². The van der Waals surface area contributed by atoms with E-state index < -0.39 is 0 Å². The summed E-state index contributed by atoms with van der Waals surface area (Å²) in [5.74, 6) is 0.916. The lowest BCUT2D eigenvalue weighted by molar-refractivity contribution is 0.721. The molecule has 0 aliphatic heterocycles. The highest BCUT2D eigenvalue weighted by molar-refractivity contribution is 9.10. The van der Waals surface area contributed by atoms with Gasteiger partial charge < -0.3 is 10.3 Å². The Labute approximate surface area is 103 Å². The quantitative estimate of drug-likeness (QED) is 0.938. The van der Waals surface area contributed by atoms with Crippen LogP contribution >= 0.6 is 15.9 Å². The van der Waals surface area contributed by atoms with Crippen LogP contribution in [0.2, 0.25) is 0 Å². The van der Waals surface area contributed by atoms with Crippen molar-refractivity contribution in [3.8, 4) is 0 Å². The third kappa shape index (κ3) is 2.18. The molecule has 4 heteroatoms. The van der Waals surface area contributed by atoms with E-state index in [1.165, 1.54) is 11.1 Å². The van der Waals surface area contributed by atoms with E-state index in [-0.39, 0.29) is 0 Å². The first-order valence-electron chi connectivity index (χ1n) is 5.16. The highest BCUT2D eigenvalue weighted by atomic mass is 79.9. The number of halogens is 1. The number of nitrogens with zero attached hydrogens (tertiary/aromatic N) is 2. The average molecular weight is 280 g/mol. The van der Waals surface area contributed by atoms with Gasteiger partial charge in [-0.05, 0) is 24.1 Å². The minimum atomic E-state index is 0.472. The highest BCUT2D eigenvalue weighted by Gasteiger charge is 2.05. The molecule has 0 saturated heterocycles. The first-order valence-corrected chi connectivity index (χ1v) is 5.95. The monoisotopic (exact) mass is 279 g/mol. The maximum Gasteiger partial charge on any atom is 0.122 e. The molecule has 0 spiro atoms. The van der Waals surface area contributed by atoms with Crippen molar-refractivity contribution in [1.29, 1.82) is 0 Å². The van der Waals surface area contributed by atoms with Gasteiger partial charge in [-0.1, -0.05) is 28.1 Å². The van der Waals surface area contributed by atoms with Crippen LogP contribution in [-0.4, -0.2) is 9.55 Å². The van der Waals surface area contributed by atoms with Crippen LogP contribution < -0.4 is 5.73 Å². The number of rotatable bonds is 3. The lowest BCUT2D eigenvalue weighted by atomic mass is 10.1. The molecule has 16 heavy (non-hydrogen) atoms. The fraction of sp³-hybridized carbons (Fsp3) is 0.250. The van der Waals surface area contributed by atoms with Crippen molar-refractivity contribution in [1.82, 2.24) is 9.55 Å². The normalized spacial score (nSPS) is 10.7. The van der Waals surface area contributed by atoms with Gasteiger partial charge in [-0.2, -0.15) is 0 Å². The summed E-state index contributed by atoms with van der Waals surface area (Å²) >= 11 is 3.54. The van der Waals surface area contributed by atoms with Crippen LogP contribution in [0.25, 0.3) is 0 Å². The van der Waals surface area contributed by atoms with E-state index in [1.807, 2.05) is 12.3 Å². The zero-order valence-corrected chi connectivity index (χ0v) is 10.7. The summed E-state index contributed by atoms with van der Waals surface area (Å²) in [7, 11) is 0. The first kappa shape index (κ1) is 11.4. The fourth-order valence-corrected chi connectivity index (χ4v) is 2.09. The Bertz CT molecular complexity index is 491. The van der Waals surface area contributed by atoms with Crippen LogP contribution in [0.1, 0.15) is 17.0 Å². The molecule has 84 valence electrons. The maximum atomic E-state index is 5.62. The number of imidazole rings is 1. The van der Waals surface area contributed by atoms with Gasteiger partial charge in [0.25, 0.3) is 0 Å². The fourth-order valence-electron chi connectivity index (χ4n) is 1.68. The largest absolute Gasteiger partial charge is 0.329 e. The van der Waals surface area contributed by atoms with E-state index in [0.717, 1.165) is 16.8 Å². The van der Waals surface area contributed by atoms with Gasteiger partial charge >= 0.3 is 0 Å². The molecule has 0 fully saturated rings. The predicted octanol–water partition coefficient (Wildman–Crippen LogP) is 2.46. The molecule has 0 bridgehead atoms. The summed E-state index contributed by atoms with van der Waals surface area (Å²) in [6.07, 6.45) is 3.75. The Morgan fingerprint density at radius 2 is 2.25 bits per heavy atom. The van der Waals surface area contributed by atoms with Gasteiger partial charge in [-0.15, -0.1) is 0 Å². The second-order valence-electron chi connectivity index (χ2n) is 3.70. The van der Waals surface area contributed by atoms with E-state index in [9.17, 15) is 0 Å². The molecular weight excluding hydrogens is 266 g/mol. The summed E-state index contributed by atoms with van der Waals surface area (Å²) in [6.45, 7) is 3.40. The molecule has 0 saturated carbocycles. The van der Waals surface area contributed by atoms with Crippen molar-refractivity contribution in [2.24, 2.45) is 5.73 Å². The Morgan fingerprint density at radius 1 is 1.44 bits per heavy atom. The molecular formula is C12H14BrN3. The van der Waals surface area contributed by atoms with Gasteiger partial charge in [0, 0.05) is 23.4 Å². The zero-order chi connectivity index (χ0) is 11.5. The third-order valence-corrected chi connectivity index (χ3v) is 3.56. The summed E-state index contributed by atoms with van der Waals surface area (Å²) in [4.78, 5) is 4.21. The number of benzene rings is 1. The van der Waals surface area contributed by atoms with Gasteiger partial charge in [0.05, 0.1) is 6.54 Å². The molecule has 2 aromatic rings. The van der Waals surface area contributed by atoms with E-state index in [0.29, 0.717) is 6.54 Å². The van der Waals surface area contributed by atoms with Crippen molar-refractivity contribution in [2.45, 2.75) is 20.0 Å². The molecule has 0 amide bonds. The van der Waals surface area contributed by atoms with Crippen molar-refractivity contribution < 1.29 is 0 Å². The minimum absolute atomic E-state index is 0.472. The van der Waals surface area contributed by atoms with Crippen LogP contribution in [0, 0.1) is 6.92 Å². The molecule has 0 radical (unpaired) electrons. The van der Waals surface area contributed by atoms with Crippen molar-refractivity contribution in [3.63, 3.8) is 0 Å². The second-order valence-corrected chi connectivity index (χ2v) is 4.55.